The molecule has 0 N–H and O–H groups in total. The zero-order chi connectivity index (χ0) is 13.8. The van der Waals surface area contributed by atoms with Crippen LogP contribution in [0, 0.1) is 17.2 Å². The van der Waals surface area contributed by atoms with Crippen LogP contribution in [-0.4, -0.2) is 55.1 Å². The second kappa shape index (κ2) is 6.05. The van der Waals surface area contributed by atoms with Crippen LogP contribution in [0.1, 0.15) is 12.8 Å². The van der Waals surface area contributed by atoms with Crippen LogP contribution in [0.3, 0.4) is 0 Å². The molecule has 1 amide bonds. The smallest absolute Gasteiger partial charge is 0.342 e. The van der Waals surface area contributed by atoms with Gasteiger partial charge in [0, 0.05) is 19.6 Å². The van der Waals surface area contributed by atoms with E-state index < -0.39 is 18.6 Å². The van der Waals surface area contributed by atoms with Gasteiger partial charge in [-0.1, -0.05) is 0 Å². The van der Waals surface area contributed by atoms with Crippen molar-refractivity contribution in [1.82, 2.24) is 9.80 Å². The van der Waals surface area contributed by atoms with Gasteiger partial charge in [-0.25, -0.2) is 0 Å². The van der Waals surface area contributed by atoms with E-state index in [2.05, 4.69) is 0 Å². The molecule has 0 aromatic carbocycles. The third-order valence-corrected chi connectivity index (χ3v) is 2.91. The average molecular weight is 263 g/mol. The maximum absolute atomic E-state index is 12.4. The molecule has 7 heteroatoms. The van der Waals surface area contributed by atoms with Crippen molar-refractivity contribution in [1.29, 1.82) is 5.26 Å². The number of carbonyl (C=O) groups is 1. The molecule has 1 atom stereocenters. The summed E-state index contributed by atoms with van der Waals surface area (Å²) in [4.78, 5) is 14.6. The standard InChI is InChI=1S/C11H16F3N3O/c1-16(7-9(6-15)11(12,13)14)8-10(18)17-4-2-3-5-17/h9H,2-5,7-8H2,1H3. The molecule has 1 fully saturated rings. The van der Waals surface area contributed by atoms with Gasteiger partial charge in [-0.2, -0.15) is 18.4 Å². The maximum Gasteiger partial charge on any atom is 0.405 e. The third kappa shape index (κ3) is 4.18. The van der Waals surface area contributed by atoms with Crippen LogP contribution in [0.2, 0.25) is 0 Å². The lowest BCUT2D eigenvalue weighted by molar-refractivity contribution is -0.163. The number of nitrogens with zero attached hydrogens (tertiary/aromatic N) is 3. The van der Waals surface area contributed by atoms with Crippen molar-refractivity contribution in [3.63, 3.8) is 0 Å². The number of likely N-dealkylation sites (N-methyl/N-ethyl adjacent to an activating group) is 1. The summed E-state index contributed by atoms with van der Waals surface area (Å²) < 4.78 is 37.1. The molecule has 1 rings (SSSR count). The quantitative estimate of drug-likeness (QED) is 0.766. The van der Waals surface area contributed by atoms with E-state index in [1.165, 1.54) is 18.0 Å². The maximum atomic E-state index is 12.4. The molecule has 0 saturated carbocycles. The highest BCUT2D eigenvalue weighted by molar-refractivity contribution is 5.78. The molecule has 0 radical (unpaired) electrons. The van der Waals surface area contributed by atoms with E-state index in [-0.39, 0.29) is 12.5 Å². The van der Waals surface area contributed by atoms with Gasteiger partial charge in [-0.05, 0) is 19.9 Å². The van der Waals surface area contributed by atoms with E-state index in [1.54, 1.807) is 4.90 Å². The fraction of sp³-hybridized carbons (Fsp3) is 0.818. The summed E-state index contributed by atoms with van der Waals surface area (Å²) in [6.07, 6.45) is -2.66. The van der Waals surface area contributed by atoms with Gasteiger partial charge in [0.25, 0.3) is 0 Å². The van der Waals surface area contributed by atoms with Crippen LogP contribution < -0.4 is 0 Å². The molecule has 1 unspecified atom stereocenters. The molecule has 0 bridgehead atoms. The monoisotopic (exact) mass is 263 g/mol. The topological polar surface area (TPSA) is 47.3 Å². The van der Waals surface area contributed by atoms with Crippen LogP contribution in [0.5, 0.6) is 0 Å². The minimum atomic E-state index is -4.54. The van der Waals surface area contributed by atoms with Crippen LogP contribution in [-0.2, 0) is 4.79 Å². The number of amides is 1. The first-order valence-corrected chi connectivity index (χ1v) is 5.77. The predicted molar refractivity (Wildman–Crippen MR) is 58.5 cm³/mol. The molecule has 0 aromatic heterocycles. The van der Waals surface area contributed by atoms with E-state index in [0.717, 1.165) is 12.8 Å². The van der Waals surface area contributed by atoms with Gasteiger partial charge in [0.05, 0.1) is 12.6 Å². The van der Waals surface area contributed by atoms with Gasteiger partial charge in [0.15, 0.2) is 5.92 Å². The van der Waals surface area contributed by atoms with Gasteiger partial charge >= 0.3 is 6.18 Å². The molecule has 1 heterocycles. The van der Waals surface area contributed by atoms with Crippen LogP contribution >= 0.6 is 0 Å². The first-order chi connectivity index (χ1) is 8.34. The Bertz CT molecular complexity index is 331. The Hall–Kier alpha value is -1.29. The van der Waals surface area contributed by atoms with Crippen molar-refractivity contribution in [3.8, 4) is 6.07 Å². The lowest BCUT2D eigenvalue weighted by Crippen LogP contribution is -2.41. The van der Waals surface area contributed by atoms with E-state index in [9.17, 15) is 18.0 Å². The van der Waals surface area contributed by atoms with Gasteiger partial charge in [-0.3, -0.25) is 9.69 Å². The number of halogens is 3. The second-order valence-corrected chi connectivity index (χ2v) is 4.51. The van der Waals surface area contributed by atoms with Gasteiger partial charge in [0.1, 0.15) is 0 Å². The molecule has 0 aliphatic carbocycles. The number of hydrogen-bond donors (Lipinski definition) is 0. The highest BCUT2D eigenvalue weighted by Gasteiger charge is 2.40. The average Bonchev–Trinajstić information content (AvgIpc) is 2.77. The first kappa shape index (κ1) is 14.8. The molecule has 102 valence electrons. The number of rotatable bonds is 4. The van der Waals surface area contributed by atoms with E-state index in [4.69, 9.17) is 5.26 Å². The highest BCUT2D eigenvalue weighted by atomic mass is 19.4. The summed E-state index contributed by atoms with van der Waals surface area (Å²) in [7, 11) is 1.42. The largest absolute Gasteiger partial charge is 0.405 e. The SMILES string of the molecule is CN(CC(=O)N1CCCC1)CC(C#N)C(F)(F)F. The van der Waals surface area contributed by atoms with E-state index in [0.29, 0.717) is 13.1 Å². The summed E-state index contributed by atoms with van der Waals surface area (Å²) in [6, 6.07) is 1.22. The molecule has 0 spiro atoms. The van der Waals surface area contributed by atoms with Crippen LogP contribution in [0.4, 0.5) is 13.2 Å². The van der Waals surface area contributed by atoms with Crippen molar-refractivity contribution in [2.24, 2.45) is 5.92 Å². The van der Waals surface area contributed by atoms with Gasteiger partial charge < -0.3 is 4.90 Å². The van der Waals surface area contributed by atoms with Crippen LogP contribution in [0.15, 0.2) is 0 Å². The molecule has 1 aliphatic heterocycles. The highest BCUT2D eigenvalue weighted by Crippen LogP contribution is 2.26. The number of nitriles is 1. The molecule has 1 saturated heterocycles. The second-order valence-electron chi connectivity index (χ2n) is 4.51. The van der Waals surface area contributed by atoms with E-state index >= 15 is 0 Å². The van der Waals surface area contributed by atoms with Gasteiger partial charge in [-0.15, -0.1) is 0 Å². The van der Waals surface area contributed by atoms with Crippen molar-refractivity contribution >= 4 is 5.91 Å². The van der Waals surface area contributed by atoms with Crippen molar-refractivity contribution in [2.75, 3.05) is 33.2 Å². The normalized spacial score (nSPS) is 17.9. The third-order valence-electron chi connectivity index (χ3n) is 2.91. The lowest BCUT2D eigenvalue weighted by Gasteiger charge is -2.23. The Morgan fingerprint density at radius 1 is 1.44 bits per heavy atom. The molecule has 4 nitrogen and oxygen atoms in total. The Morgan fingerprint density at radius 2 is 2.00 bits per heavy atom. The van der Waals surface area contributed by atoms with Crippen LogP contribution in [0.25, 0.3) is 0 Å². The number of alkyl halides is 3. The number of carbonyl (C=O) groups excluding carboxylic acids is 1. The minimum absolute atomic E-state index is 0.0751. The Morgan fingerprint density at radius 3 is 2.44 bits per heavy atom. The fourth-order valence-corrected chi connectivity index (χ4v) is 1.89. The molecular weight excluding hydrogens is 247 g/mol. The van der Waals surface area contributed by atoms with E-state index in [1.807, 2.05) is 0 Å². The summed E-state index contributed by atoms with van der Waals surface area (Å²) >= 11 is 0. The summed E-state index contributed by atoms with van der Waals surface area (Å²) in [5.74, 6) is -2.22. The Kier molecular flexibility index (Phi) is 4.96. The lowest BCUT2D eigenvalue weighted by atomic mass is 10.1. The zero-order valence-corrected chi connectivity index (χ0v) is 10.2. The predicted octanol–water partition coefficient (Wildman–Crippen LogP) is 1.24. The summed E-state index contributed by atoms with van der Waals surface area (Å²) in [6.45, 7) is 0.801. The molecule has 1 aliphatic rings. The molecule has 18 heavy (non-hydrogen) atoms. The Labute approximate surface area is 104 Å². The number of likely N-dealkylation sites (tertiary alicyclic amines) is 1. The van der Waals surface area contributed by atoms with Crippen molar-refractivity contribution in [2.45, 2.75) is 19.0 Å². The zero-order valence-electron chi connectivity index (χ0n) is 10.2. The molecule has 0 aromatic rings. The summed E-state index contributed by atoms with van der Waals surface area (Å²) in [5, 5.41) is 8.46. The number of hydrogen-bond acceptors (Lipinski definition) is 3. The van der Waals surface area contributed by atoms with Crippen molar-refractivity contribution < 1.29 is 18.0 Å². The van der Waals surface area contributed by atoms with Gasteiger partial charge in [0.2, 0.25) is 5.91 Å². The first-order valence-electron chi connectivity index (χ1n) is 5.77. The Balaban J connectivity index is 2.43. The summed E-state index contributed by atoms with van der Waals surface area (Å²) in [5.41, 5.74) is 0. The fourth-order valence-electron chi connectivity index (χ4n) is 1.89. The van der Waals surface area contributed by atoms with Crippen molar-refractivity contribution in [3.05, 3.63) is 0 Å². The minimum Gasteiger partial charge on any atom is -0.342 e. The molecular formula is C11H16F3N3O.